The molecule has 0 aromatic carbocycles. The van der Waals surface area contributed by atoms with Gasteiger partial charge >= 0.3 is 0 Å². The molecule has 0 aliphatic rings. The Balaban J connectivity index is 2.43. The van der Waals surface area contributed by atoms with E-state index < -0.39 is 0 Å². The van der Waals surface area contributed by atoms with Crippen molar-refractivity contribution in [3.8, 4) is 0 Å². The zero-order chi connectivity index (χ0) is 14.7. The highest BCUT2D eigenvalue weighted by Gasteiger charge is 2.23. The number of halogens is 2. The average molecular weight is 421 g/mol. The molecule has 0 aliphatic heterocycles. The first kappa shape index (κ1) is 16.2. The summed E-state index contributed by atoms with van der Waals surface area (Å²) >= 11 is 8.92. The lowest BCUT2D eigenvalue weighted by Gasteiger charge is -2.21. The van der Waals surface area contributed by atoms with Crippen LogP contribution in [0.15, 0.2) is 25.9 Å². The third-order valence-electron chi connectivity index (χ3n) is 3.07. The van der Waals surface area contributed by atoms with Crippen LogP contribution in [0.3, 0.4) is 0 Å². The van der Waals surface area contributed by atoms with E-state index in [1.54, 1.807) is 11.3 Å². The fraction of sp³-hybridized carbons (Fsp3) is 0.500. The molecule has 1 unspecified atom stereocenters. The van der Waals surface area contributed by atoms with Gasteiger partial charge in [-0.1, -0.05) is 6.92 Å². The summed E-state index contributed by atoms with van der Waals surface area (Å²) in [4.78, 5) is 0. The summed E-state index contributed by atoms with van der Waals surface area (Å²) in [7, 11) is 0. The van der Waals surface area contributed by atoms with Crippen molar-refractivity contribution < 1.29 is 0 Å². The molecule has 110 valence electrons. The molecular formula is C14H19Br2N3S. The van der Waals surface area contributed by atoms with Gasteiger partial charge in [0.1, 0.15) is 0 Å². The number of rotatable bonds is 6. The maximum Gasteiger partial charge on any atom is 0.0768 e. The SMILES string of the molecule is CCCNC(c1csc(Br)c1)c1c(Br)cnn1C(C)C. The van der Waals surface area contributed by atoms with Crippen molar-refractivity contribution in [1.29, 1.82) is 0 Å². The third-order valence-corrected chi connectivity index (χ3v) is 5.20. The molecule has 1 atom stereocenters. The van der Waals surface area contributed by atoms with Crippen LogP contribution in [0.1, 0.15) is 50.5 Å². The van der Waals surface area contributed by atoms with E-state index in [0.717, 1.165) is 21.2 Å². The lowest BCUT2D eigenvalue weighted by Crippen LogP contribution is -2.26. The standard InChI is InChI=1S/C14H19Br2N3S/c1-4-5-17-13(10-6-12(16)20-8-10)14-11(15)7-18-19(14)9(2)3/h6-9,13,17H,4-5H2,1-3H3. The van der Waals surface area contributed by atoms with Crippen LogP contribution in [0.5, 0.6) is 0 Å². The van der Waals surface area contributed by atoms with Gasteiger partial charge in [-0.3, -0.25) is 4.68 Å². The van der Waals surface area contributed by atoms with E-state index in [2.05, 4.69) is 79.2 Å². The van der Waals surface area contributed by atoms with Crippen LogP contribution in [0.25, 0.3) is 0 Å². The zero-order valence-corrected chi connectivity index (χ0v) is 15.8. The van der Waals surface area contributed by atoms with Gasteiger partial charge in [0.2, 0.25) is 0 Å². The molecule has 3 nitrogen and oxygen atoms in total. The van der Waals surface area contributed by atoms with Gasteiger partial charge in [0, 0.05) is 6.04 Å². The molecule has 2 heterocycles. The molecule has 6 heteroatoms. The Kier molecular flexibility index (Phi) is 5.84. The number of thiophene rings is 1. The summed E-state index contributed by atoms with van der Waals surface area (Å²) in [6.07, 6.45) is 2.99. The van der Waals surface area contributed by atoms with Crippen LogP contribution in [-0.4, -0.2) is 16.3 Å². The quantitative estimate of drug-likeness (QED) is 0.700. The van der Waals surface area contributed by atoms with Crippen LogP contribution < -0.4 is 5.32 Å². The number of hydrogen-bond donors (Lipinski definition) is 1. The fourth-order valence-electron chi connectivity index (χ4n) is 2.17. The predicted molar refractivity (Wildman–Crippen MR) is 92.5 cm³/mol. The van der Waals surface area contributed by atoms with Crippen molar-refractivity contribution in [2.24, 2.45) is 0 Å². The van der Waals surface area contributed by atoms with E-state index in [0.29, 0.717) is 6.04 Å². The van der Waals surface area contributed by atoms with Gasteiger partial charge in [0.25, 0.3) is 0 Å². The van der Waals surface area contributed by atoms with E-state index in [1.165, 1.54) is 11.3 Å². The maximum atomic E-state index is 4.50. The van der Waals surface area contributed by atoms with Gasteiger partial charge in [0.15, 0.2) is 0 Å². The van der Waals surface area contributed by atoms with Crippen molar-refractivity contribution >= 4 is 43.2 Å². The molecule has 0 aliphatic carbocycles. The lowest BCUT2D eigenvalue weighted by atomic mass is 10.1. The molecular weight excluding hydrogens is 402 g/mol. The highest BCUT2D eigenvalue weighted by Crippen LogP contribution is 2.34. The van der Waals surface area contributed by atoms with Gasteiger partial charge in [-0.25, -0.2) is 0 Å². The highest BCUT2D eigenvalue weighted by molar-refractivity contribution is 9.11. The molecule has 1 N–H and O–H groups in total. The summed E-state index contributed by atoms with van der Waals surface area (Å²) < 4.78 is 4.30. The minimum absolute atomic E-state index is 0.164. The van der Waals surface area contributed by atoms with Gasteiger partial charge in [0.05, 0.1) is 26.2 Å². The maximum absolute atomic E-state index is 4.50. The molecule has 20 heavy (non-hydrogen) atoms. The molecule has 0 radical (unpaired) electrons. The largest absolute Gasteiger partial charge is 0.305 e. The second-order valence-electron chi connectivity index (χ2n) is 4.99. The molecule has 0 amide bonds. The van der Waals surface area contributed by atoms with Gasteiger partial charge in [-0.2, -0.15) is 5.10 Å². The molecule has 2 rings (SSSR count). The van der Waals surface area contributed by atoms with Gasteiger partial charge < -0.3 is 5.32 Å². The summed E-state index contributed by atoms with van der Waals surface area (Å²) in [5, 5.41) is 10.3. The first-order valence-corrected chi connectivity index (χ1v) is 9.21. The minimum atomic E-state index is 0.164. The Morgan fingerprint density at radius 2 is 2.15 bits per heavy atom. The van der Waals surface area contributed by atoms with Crippen LogP contribution >= 0.6 is 43.2 Å². The van der Waals surface area contributed by atoms with Crippen molar-refractivity contribution in [2.45, 2.75) is 39.3 Å². The lowest BCUT2D eigenvalue weighted by molar-refractivity contribution is 0.471. The smallest absolute Gasteiger partial charge is 0.0768 e. The molecule has 0 spiro atoms. The second kappa shape index (κ2) is 7.20. The van der Waals surface area contributed by atoms with Crippen LogP contribution in [0.4, 0.5) is 0 Å². The van der Waals surface area contributed by atoms with Gasteiger partial charge in [-0.15, -0.1) is 11.3 Å². The molecule has 0 saturated carbocycles. The van der Waals surface area contributed by atoms with Crippen LogP contribution in [-0.2, 0) is 0 Å². The number of nitrogens with zero attached hydrogens (tertiary/aromatic N) is 2. The van der Waals surface area contributed by atoms with E-state index in [4.69, 9.17) is 0 Å². The van der Waals surface area contributed by atoms with Crippen molar-refractivity contribution in [1.82, 2.24) is 15.1 Å². The van der Waals surface area contributed by atoms with Crippen molar-refractivity contribution in [3.05, 3.63) is 37.2 Å². The van der Waals surface area contributed by atoms with E-state index in [9.17, 15) is 0 Å². The predicted octanol–water partition coefficient (Wildman–Crippen LogP) is 5.14. The Hall–Kier alpha value is -0.170. The Bertz CT molecular complexity index is 563. The van der Waals surface area contributed by atoms with Crippen molar-refractivity contribution in [2.75, 3.05) is 6.54 Å². The summed E-state index contributed by atoms with van der Waals surface area (Å²) in [6.45, 7) is 7.48. The van der Waals surface area contributed by atoms with Gasteiger partial charge in [-0.05, 0) is 75.7 Å². The second-order valence-corrected chi connectivity index (χ2v) is 8.13. The molecule has 0 fully saturated rings. The normalized spacial score (nSPS) is 13.1. The topological polar surface area (TPSA) is 29.9 Å². The highest BCUT2D eigenvalue weighted by atomic mass is 79.9. The number of nitrogens with one attached hydrogen (secondary N) is 1. The minimum Gasteiger partial charge on any atom is -0.305 e. The van der Waals surface area contributed by atoms with Crippen LogP contribution in [0, 0.1) is 0 Å². The third kappa shape index (κ3) is 3.53. The van der Waals surface area contributed by atoms with Crippen LogP contribution in [0.2, 0.25) is 0 Å². The zero-order valence-electron chi connectivity index (χ0n) is 11.9. The van der Waals surface area contributed by atoms with E-state index >= 15 is 0 Å². The molecule has 0 bridgehead atoms. The first-order valence-electron chi connectivity index (χ1n) is 6.74. The number of aromatic nitrogens is 2. The Labute approximate surface area is 141 Å². The summed E-state index contributed by atoms with van der Waals surface area (Å²) in [5.74, 6) is 0. The summed E-state index contributed by atoms with van der Waals surface area (Å²) in [5.41, 5.74) is 2.47. The first-order chi connectivity index (χ1) is 9.54. The molecule has 0 saturated heterocycles. The Morgan fingerprint density at radius 3 is 2.70 bits per heavy atom. The monoisotopic (exact) mass is 419 g/mol. The summed E-state index contributed by atoms with van der Waals surface area (Å²) in [6, 6.07) is 2.68. The molecule has 2 aromatic rings. The number of hydrogen-bond acceptors (Lipinski definition) is 3. The van der Waals surface area contributed by atoms with E-state index in [-0.39, 0.29) is 6.04 Å². The Morgan fingerprint density at radius 1 is 1.40 bits per heavy atom. The van der Waals surface area contributed by atoms with E-state index in [1.807, 2.05) is 6.20 Å². The van der Waals surface area contributed by atoms with Crippen molar-refractivity contribution in [3.63, 3.8) is 0 Å². The fourth-order valence-corrected chi connectivity index (χ4v) is 3.87. The average Bonchev–Trinajstić information content (AvgIpc) is 2.98. The molecule has 2 aromatic heterocycles.